The molecule has 0 saturated carbocycles. The smallest absolute Gasteiger partial charge is 0.193 e. The molecule has 0 spiro atoms. The van der Waals surface area contributed by atoms with Crippen molar-refractivity contribution in [1.29, 1.82) is 0 Å². The molecule has 0 fully saturated rings. The fourth-order valence-electron chi connectivity index (χ4n) is 2.99. The average molecular weight is 367 g/mol. The number of ether oxygens (including phenoxy) is 1. The number of methoxy groups -OCH3 is 1. The first-order valence-electron chi connectivity index (χ1n) is 8.11. The van der Waals surface area contributed by atoms with Crippen LogP contribution in [0.1, 0.15) is 12.6 Å². The number of fused-ring (bicyclic) bond motifs is 1. The highest BCUT2D eigenvalue weighted by atomic mass is 32.1. The van der Waals surface area contributed by atoms with Crippen LogP contribution in [0.25, 0.3) is 28.0 Å². The number of aromatic amines is 1. The summed E-state index contributed by atoms with van der Waals surface area (Å²) in [7, 11) is 1.61. The predicted molar refractivity (Wildman–Crippen MR) is 101 cm³/mol. The van der Waals surface area contributed by atoms with Gasteiger partial charge in [-0.05, 0) is 24.6 Å². The molecule has 132 valence electrons. The van der Waals surface area contributed by atoms with Gasteiger partial charge >= 0.3 is 0 Å². The highest BCUT2D eigenvalue weighted by Crippen LogP contribution is 2.35. The van der Waals surface area contributed by atoms with Crippen LogP contribution < -0.4 is 4.74 Å². The second kappa shape index (κ2) is 6.38. The third-order valence-corrected chi connectivity index (χ3v) is 4.58. The van der Waals surface area contributed by atoms with E-state index in [1.807, 2.05) is 37.3 Å². The molecule has 2 heterocycles. The molecule has 0 atom stereocenters. The van der Waals surface area contributed by atoms with Gasteiger partial charge in [-0.2, -0.15) is 5.10 Å². The monoisotopic (exact) mass is 367 g/mol. The van der Waals surface area contributed by atoms with E-state index in [0.29, 0.717) is 22.3 Å². The SMILES string of the molecule is CCc1n[nH]c2cc(O)c(-c3nnc(S)n3-c3cccc(OC)c3)cc12. The lowest BCUT2D eigenvalue weighted by Gasteiger charge is -2.11. The van der Waals surface area contributed by atoms with Gasteiger partial charge in [-0.15, -0.1) is 22.8 Å². The zero-order valence-corrected chi connectivity index (χ0v) is 15.2. The molecule has 8 heteroatoms. The Kier molecular flexibility index (Phi) is 4.04. The van der Waals surface area contributed by atoms with Crippen LogP contribution in [0.3, 0.4) is 0 Å². The van der Waals surface area contributed by atoms with Crippen LogP contribution in [0.5, 0.6) is 11.5 Å². The molecule has 2 aromatic carbocycles. The van der Waals surface area contributed by atoms with Crippen LogP contribution in [0.15, 0.2) is 41.6 Å². The van der Waals surface area contributed by atoms with Crippen molar-refractivity contribution in [2.75, 3.05) is 7.11 Å². The summed E-state index contributed by atoms with van der Waals surface area (Å²) in [5, 5.41) is 27.4. The van der Waals surface area contributed by atoms with Crippen molar-refractivity contribution >= 4 is 23.5 Å². The summed E-state index contributed by atoms with van der Waals surface area (Å²) < 4.78 is 7.06. The molecule has 0 aliphatic rings. The molecule has 0 saturated heterocycles. The maximum atomic E-state index is 10.5. The van der Waals surface area contributed by atoms with Crippen molar-refractivity contribution in [3.63, 3.8) is 0 Å². The molecular weight excluding hydrogens is 350 g/mol. The zero-order chi connectivity index (χ0) is 18.3. The number of nitrogens with one attached hydrogen (secondary N) is 1. The first-order valence-corrected chi connectivity index (χ1v) is 8.56. The lowest BCUT2D eigenvalue weighted by Crippen LogP contribution is -1.99. The second-order valence-corrected chi connectivity index (χ2v) is 6.20. The highest BCUT2D eigenvalue weighted by Gasteiger charge is 2.19. The van der Waals surface area contributed by atoms with Crippen LogP contribution in [0, 0.1) is 0 Å². The van der Waals surface area contributed by atoms with Gasteiger partial charge < -0.3 is 9.84 Å². The topological polar surface area (TPSA) is 88.9 Å². The van der Waals surface area contributed by atoms with E-state index in [9.17, 15) is 5.11 Å². The van der Waals surface area contributed by atoms with E-state index in [2.05, 4.69) is 33.0 Å². The third-order valence-electron chi connectivity index (χ3n) is 4.29. The van der Waals surface area contributed by atoms with Gasteiger partial charge in [-0.1, -0.05) is 13.0 Å². The van der Waals surface area contributed by atoms with Crippen LogP contribution >= 0.6 is 12.6 Å². The Morgan fingerprint density at radius 2 is 2.08 bits per heavy atom. The molecule has 2 N–H and O–H groups in total. The van der Waals surface area contributed by atoms with E-state index in [-0.39, 0.29) is 5.75 Å². The summed E-state index contributed by atoms with van der Waals surface area (Å²) in [6.07, 6.45) is 0.782. The number of benzene rings is 2. The van der Waals surface area contributed by atoms with Crippen molar-refractivity contribution in [3.05, 3.63) is 42.1 Å². The van der Waals surface area contributed by atoms with Crippen LogP contribution in [0.4, 0.5) is 0 Å². The Morgan fingerprint density at radius 3 is 2.85 bits per heavy atom. The number of phenolic OH excluding ortho intramolecular Hbond substituents is 1. The zero-order valence-electron chi connectivity index (χ0n) is 14.3. The Labute approximate surface area is 155 Å². The maximum Gasteiger partial charge on any atom is 0.193 e. The lowest BCUT2D eigenvalue weighted by molar-refractivity contribution is 0.414. The van der Waals surface area contributed by atoms with Crippen molar-refractivity contribution < 1.29 is 9.84 Å². The standard InChI is InChI=1S/C18H17N5O2S/c1-3-14-12-8-13(16(24)9-15(12)20-19-14)17-21-22-18(26)23(17)10-5-4-6-11(7-10)25-2/h4-9,24H,3H2,1-2H3,(H,19,20)(H,22,26). The van der Waals surface area contributed by atoms with E-state index in [1.54, 1.807) is 17.7 Å². The first kappa shape index (κ1) is 16.5. The van der Waals surface area contributed by atoms with E-state index in [0.717, 1.165) is 28.7 Å². The lowest BCUT2D eigenvalue weighted by atomic mass is 10.1. The van der Waals surface area contributed by atoms with Gasteiger partial charge in [0, 0.05) is 17.5 Å². The largest absolute Gasteiger partial charge is 0.507 e. The number of aromatic nitrogens is 5. The molecular formula is C18H17N5O2S. The summed E-state index contributed by atoms with van der Waals surface area (Å²) in [5.74, 6) is 1.29. The van der Waals surface area contributed by atoms with E-state index in [4.69, 9.17) is 4.74 Å². The van der Waals surface area contributed by atoms with Gasteiger partial charge in [-0.25, -0.2) is 0 Å². The number of thiol groups is 1. The van der Waals surface area contributed by atoms with Crippen molar-refractivity contribution in [1.82, 2.24) is 25.0 Å². The maximum absolute atomic E-state index is 10.5. The van der Waals surface area contributed by atoms with Gasteiger partial charge in [-0.3, -0.25) is 9.67 Å². The van der Waals surface area contributed by atoms with Gasteiger partial charge in [0.25, 0.3) is 0 Å². The minimum atomic E-state index is 0.0914. The molecule has 0 bridgehead atoms. The summed E-state index contributed by atoms with van der Waals surface area (Å²) in [6.45, 7) is 2.03. The number of hydrogen-bond donors (Lipinski definition) is 3. The fourth-order valence-corrected chi connectivity index (χ4v) is 3.25. The normalized spacial score (nSPS) is 11.2. The average Bonchev–Trinajstić information content (AvgIpc) is 3.23. The molecule has 4 rings (SSSR count). The van der Waals surface area contributed by atoms with E-state index < -0.39 is 0 Å². The molecule has 0 aliphatic heterocycles. The molecule has 4 aromatic rings. The number of hydrogen-bond acceptors (Lipinski definition) is 6. The molecule has 7 nitrogen and oxygen atoms in total. The molecule has 2 aromatic heterocycles. The number of aryl methyl sites for hydroxylation is 1. The number of aromatic hydroxyl groups is 1. The van der Waals surface area contributed by atoms with Gasteiger partial charge in [0.1, 0.15) is 11.5 Å². The van der Waals surface area contributed by atoms with Crippen LogP contribution in [0.2, 0.25) is 0 Å². The quantitative estimate of drug-likeness (QED) is 0.481. The third kappa shape index (κ3) is 2.59. The number of rotatable bonds is 4. The number of H-pyrrole nitrogens is 1. The number of phenols is 1. The van der Waals surface area contributed by atoms with Crippen molar-refractivity contribution in [2.24, 2.45) is 0 Å². The Hall–Kier alpha value is -3.00. The minimum absolute atomic E-state index is 0.0914. The predicted octanol–water partition coefficient (Wildman–Crippen LogP) is 3.38. The fraction of sp³-hybridized carbons (Fsp3) is 0.167. The van der Waals surface area contributed by atoms with Gasteiger partial charge in [0.05, 0.1) is 29.6 Å². The highest BCUT2D eigenvalue weighted by molar-refractivity contribution is 7.80. The summed E-state index contributed by atoms with van der Waals surface area (Å²) in [6, 6.07) is 11.0. The van der Waals surface area contributed by atoms with Crippen LogP contribution in [-0.4, -0.2) is 37.2 Å². The first-order chi connectivity index (χ1) is 12.6. The molecule has 0 unspecified atom stereocenters. The Balaban J connectivity index is 1.94. The van der Waals surface area contributed by atoms with Crippen molar-refractivity contribution in [2.45, 2.75) is 18.5 Å². The molecule has 0 aliphatic carbocycles. The summed E-state index contributed by atoms with van der Waals surface area (Å²) in [4.78, 5) is 0. The summed E-state index contributed by atoms with van der Waals surface area (Å²) >= 11 is 4.43. The second-order valence-electron chi connectivity index (χ2n) is 5.80. The van der Waals surface area contributed by atoms with E-state index in [1.165, 1.54) is 0 Å². The van der Waals surface area contributed by atoms with Gasteiger partial charge in [0.2, 0.25) is 0 Å². The number of nitrogens with zero attached hydrogens (tertiary/aromatic N) is 4. The molecule has 0 radical (unpaired) electrons. The summed E-state index contributed by atoms with van der Waals surface area (Å²) in [5.41, 5.74) is 3.06. The minimum Gasteiger partial charge on any atom is -0.507 e. The van der Waals surface area contributed by atoms with Gasteiger partial charge in [0.15, 0.2) is 11.0 Å². The van der Waals surface area contributed by atoms with Crippen LogP contribution in [-0.2, 0) is 6.42 Å². The molecule has 26 heavy (non-hydrogen) atoms. The Bertz CT molecular complexity index is 1100. The molecule has 0 amide bonds. The van der Waals surface area contributed by atoms with E-state index >= 15 is 0 Å². The Morgan fingerprint density at radius 1 is 1.23 bits per heavy atom. The van der Waals surface area contributed by atoms with Crippen molar-refractivity contribution in [3.8, 4) is 28.6 Å².